The highest BCUT2D eigenvalue weighted by Crippen LogP contribution is 2.31. The first-order valence-corrected chi connectivity index (χ1v) is 6.65. The molecule has 96 valence electrons. The van der Waals surface area contributed by atoms with Crippen LogP contribution in [-0.2, 0) is 0 Å². The molecule has 3 nitrogen and oxygen atoms in total. The molecule has 2 aromatic rings. The third-order valence-electron chi connectivity index (χ3n) is 2.51. The summed E-state index contributed by atoms with van der Waals surface area (Å²) < 4.78 is 0. The van der Waals surface area contributed by atoms with Crippen LogP contribution in [-0.4, -0.2) is 15.2 Å². The van der Waals surface area contributed by atoms with Crippen LogP contribution in [0.4, 0.5) is 0 Å². The van der Waals surface area contributed by atoms with Crippen LogP contribution in [0, 0.1) is 6.92 Å². The normalized spacial score (nSPS) is 11.3. The Morgan fingerprint density at radius 1 is 1.32 bits per heavy atom. The van der Waals surface area contributed by atoms with Crippen molar-refractivity contribution in [3.05, 3.63) is 67.2 Å². The Morgan fingerprint density at radius 3 is 2.79 bits per heavy atom. The lowest BCUT2D eigenvalue weighted by Gasteiger charge is -2.03. The molecule has 0 amide bonds. The predicted molar refractivity (Wildman–Crippen MR) is 80.1 cm³/mol. The van der Waals surface area contributed by atoms with Gasteiger partial charge in [-0.1, -0.05) is 49.2 Å². The molecule has 0 radical (unpaired) electrons. The molecule has 1 N–H and O–H groups in total. The topological polar surface area (TPSA) is 41.6 Å². The van der Waals surface area contributed by atoms with Gasteiger partial charge in [-0.2, -0.15) is 5.10 Å². The van der Waals surface area contributed by atoms with Gasteiger partial charge in [-0.3, -0.25) is 5.10 Å². The summed E-state index contributed by atoms with van der Waals surface area (Å²) in [4.78, 5) is 5.40. The van der Waals surface area contributed by atoms with Gasteiger partial charge in [-0.05, 0) is 18.6 Å². The Bertz CT molecular complexity index is 609. The summed E-state index contributed by atoms with van der Waals surface area (Å²) in [7, 11) is 0. The van der Waals surface area contributed by atoms with Crippen LogP contribution >= 0.6 is 11.8 Å². The van der Waals surface area contributed by atoms with E-state index < -0.39 is 0 Å². The maximum atomic E-state index is 4.38. The van der Waals surface area contributed by atoms with E-state index in [9.17, 15) is 0 Å². The SMILES string of the molecule is C=C/C=C(\C=C)c1[nH]ncc1Sc1ccc(C)cn1. The van der Waals surface area contributed by atoms with Gasteiger partial charge in [0.1, 0.15) is 5.03 Å². The molecule has 0 aliphatic carbocycles. The van der Waals surface area contributed by atoms with Crippen molar-refractivity contribution in [2.75, 3.05) is 0 Å². The van der Waals surface area contributed by atoms with Crippen molar-refractivity contribution in [3.63, 3.8) is 0 Å². The molecule has 4 heteroatoms. The standard InChI is InChI=1S/C15H15N3S/c1-4-6-12(5-2)15-13(10-17-18-15)19-14-8-7-11(3)9-16-14/h4-10H,1-2H2,3H3,(H,17,18)/b12-6+. The summed E-state index contributed by atoms with van der Waals surface area (Å²) in [5, 5.41) is 8.02. The Labute approximate surface area is 117 Å². The third-order valence-corrected chi connectivity index (χ3v) is 3.49. The molecule has 0 aromatic carbocycles. The molecule has 0 saturated heterocycles. The number of aryl methyl sites for hydroxylation is 1. The lowest BCUT2D eigenvalue weighted by molar-refractivity contribution is 1.07. The van der Waals surface area contributed by atoms with E-state index in [-0.39, 0.29) is 0 Å². The number of aromatic nitrogens is 3. The molecule has 0 saturated carbocycles. The zero-order valence-electron chi connectivity index (χ0n) is 10.8. The van der Waals surface area contributed by atoms with Gasteiger partial charge in [-0.25, -0.2) is 4.98 Å². The van der Waals surface area contributed by atoms with Gasteiger partial charge in [0, 0.05) is 11.8 Å². The Hall–Kier alpha value is -2.07. The van der Waals surface area contributed by atoms with Gasteiger partial charge >= 0.3 is 0 Å². The fraction of sp³-hybridized carbons (Fsp3) is 0.0667. The van der Waals surface area contributed by atoms with Crippen LogP contribution in [0.3, 0.4) is 0 Å². The molecule has 0 fully saturated rings. The fourth-order valence-electron chi connectivity index (χ4n) is 1.57. The average molecular weight is 269 g/mol. The summed E-state index contributed by atoms with van der Waals surface area (Å²) in [5.74, 6) is 0. The number of aromatic amines is 1. The van der Waals surface area contributed by atoms with Crippen LogP contribution < -0.4 is 0 Å². The predicted octanol–water partition coefficient (Wildman–Crippen LogP) is 4.02. The van der Waals surface area contributed by atoms with Crippen molar-refractivity contribution >= 4 is 17.3 Å². The molecular weight excluding hydrogens is 254 g/mol. The maximum Gasteiger partial charge on any atom is 0.101 e. The van der Waals surface area contributed by atoms with Crippen molar-refractivity contribution in [2.45, 2.75) is 16.8 Å². The van der Waals surface area contributed by atoms with Gasteiger partial charge in [0.15, 0.2) is 0 Å². The summed E-state index contributed by atoms with van der Waals surface area (Å²) in [5.41, 5.74) is 3.04. The molecule has 0 bridgehead atoms. The van der Waals surface area contributed by atoms with E-state index in [1.54, 1.807) is 30.1 Å². The van der Waals surface area contributed by atoms with E-state index in [1.165, 1.54) is 0 Å². The molecule has 0 spiro atoms. The molecule has 0 aliphatic heterocycles. The van der Waals surface area contributed by atoms with Crippen molar-refractivity contribution < 1.29 is 0 Å². The second-order valence-electron chi connectivity index (χ2n) is 3.95. The smallest absolute Gasteiger partial charge is 0.101 e. The third kappa shape index (κ3) is 3.23. The molecule has 0 atom stereocenters. The maximum absolute atomic E-state index is 4.38. The van der Waals surface area contributed by atoms with Gasteiger partial charge < -0.3 is 0 Å². The van der Waals surface area contributed by atoms with E-state index in [0.29, 0.717) is 0 Å². The minimum absolute atomic E-state index is 0.933. The lowest BCUT2D eigenvalue weighted by atomic mass is 10.2. The highest BCUT2D eigenvalue weighted by molar-refractivity contribution is 7.99. The molecule has 2 aromatic heterocycles. The van der Waals surface area contributed by atoms with Crippen LogP contribution in [0.25, 0.3) is 5.57 Å². The Morgan fingerprint density at radius 2 is 2.16 bits per heavy atom. The highest BCUT2D eigenvalue weighted by atomic mass is 32.2. The van der Waals surface area contributed by atoms with E-state index in [0.717, 1.165) is 26.8 Å². The Balaban J connectivity index is 2.29. The van der Waals surface area contributed by atoms with Crippen molar-refractivity contribution in [1.82, 2.24) is 15.2 Å². The van der Waals surface area contributed by atoms with Crippen LogP contribution in [0.2, 0.25) is 0 Å². The number of hydrogen-bond acceptors (Lipinski definition) is 3. The second-order valence-corrected chi connectivity index (χ2v) is 5.01. The number of rotatable bonds is 5. The van der Waals surface area contributed by atoms with E-state index in [1.807, 2.05) is 31.3 Å². The van der Waals surface area contributed by atoms with Gasteiger partial charge in [-0.15, -0.1) is 0 Å². The first kappa shape index (κ1) is 13.4. The van der Waals surface area contributed by atoms with E-state index >= 15 is 0 Å². The van der Waals surface area contributed by atoms with E-state index in [4.69, 9.17) is 0 Å². The fourth-order valence-corrected chi connectivity index (χ4v) is 2.40. The summed E-state index contributed by atoms with van der Waals surface area (Å²) in [6.07, 6.45) is 9.06. The number of hydrogen-bond donors (Lipinski definition) is 1. The average Bonchev–Trinajstić information content (AvgIpc) is 2.87. The second kappa shape index (κ2) is 6.20. The van der Waals surface area contributed by atoms with Crippen molar-refractivity contribution in [3.8, 4) is 0 Å². The first-order valence-electron chi connectivity index (χ1n) is 5.84. The summed E-state index contributed by atoms with van der Waals surface area (Å²) in [6.45, 7) is 9.53. The molecule has 0 unspecified atom stereocenters. The molecule has 0 aliphatic rings. The van der Waals surface area contributed by atoms with Gasteiger partial charge in [0.25, 0.3) is 0 Å². The number of allylic oxidation sites excluding steroid dienone is 4. The molecule has 2 heterocycles. The quantitative estimate of drug-likeness (QED) is 0.833. The van der Waals surface area contributed by atoms with Crippen LogP contribution in [0.5, 0.6) is 0 Å². The minimum atomic E-state index is 0.933. The van der Waals surface area contributed by atoms with Gasteiger partial charge in [0.05, 0.1) is 16.8 Å². The van der Waals surface area contributed by atoms with Crippen molar-refractivity contribution in [1.29, 1.82) is 0 Å². The first-order chi connectivity index (χ1) is 9.24. The lowest BCUT2D eigenvalue weighted by Crippen LogP contribution is -1.85. The van der Waals surface area contributed by atoms with Gasteiger partial charge in [0.2, 0.25) is 0 Å². The minimum Gasteiger partial charge on any atom is -0.277 e. The van der Waals surface area contributed by atoms with Crippen LogP contribution in [0.1, 0.15) is 11.3 Å². The molecule has 19 heavy (non-hydrogen) atoms. The molecule has 2 rings (SSSR count). The largest absolute Gasteiger partial charge is 0.277 e. The summed E-state index contributed by atoms with van der Waals surface area (Å²) in [6, 6.07) is 4.05. The Kier molecular flexibility index (Phi) is 4.36. The number of H-pyrrole nitrogens is 1. The number of nitrogens with zero attached hydrogens (tertiary/aromatic N) is 2. The summed E-state index contributed by atoms with van der Waals surface area (Å²) >= 11 is 1.57. The van der Waals surface area contributed by atoms with Crippen LogP contribution in [0.15, 0.2) is 65.8 Å². The van der Waals surface area contributed by atoms with E-state index in [2.05, 4.69) is 28.3 Å². The molecular formula is C15H15N3S. The zero-order valence-corrected chi connectivity index (χ0v) is 11.6. The number of nitrogens with one attached hydrogen (secondary N) is 1. The highest BCUT2D eigenvalue weighted by Gasteiger charge is 2.09. The number of pyridine rings is 1. The monoisotopic (exact) mass is 269 g/mol. The zero-order chi connectivity index (χ0) is 13.7. The van der Waals surface area contributed by atoms with Crippen molar-refractivity contribution in [2.24, 2.45) is 0 Å².